The molecule has 4 rings (SSSR count). The van der Waals surface area contributed by atoms with E-state index in [4.69, 9.17) is 10.5 Å². The first kappa shape index (κ1) is 23.4. The average molecular weight is 464 g/mol. The minimum absolute atomic E-state index is 0.0980. The van der Waals surface area contributed by atoms with Crippen molar-refractivity contribution in [3.05, 3.63) is 59.9 Å². The number of rotatable bonds is 8. The Morgan fingerprint density at radius 3 is 2.74 bits per heavy atom. The van der Waals surface area contributed by atoms with E-state index in [0.717, 1.165) is 6.42 Å². The third-order valence-electron chi connectivity index (χ3n) is 6.10. The Balaban J connectivity index is 1.69. The number of carbonyl (C=O) groups excluding carboxylic acids is 3. The molecule has 1 saturated heterocycles. The second-order valence-electron chi connectivity index (χ2n) is 8.54. The summed E-state index contributed by atoms with van der Waals surface area (Å²) in [7, 11) is 1.44. The number of aromatic nitrogens is 2. The Morgan fingerprint density at radius 1 is 1.21 bits per heavy atom. The van der Waals surface area contributed by atoms with Crippen LogP contribution in [0.3, 0.4) is 0 Å². The summed E-state index contributed by atoms with van der Waals surface area (Å²) >= 11 is 0. The van der Waals surface area contributed by atoms with Crippen LogP contribution in [0.4, 0.5) is 5.69 Å². The summed E-state index contributed by atoms with van der Waals surface area (Å²) in [5.74, 6) is -1.28. The number of amides is 3. The van der Waals surface area contributed by atoms with Gasteiger partial charge >= 0.3 is 0 Å². The molecular formula is C25H29N5O4. The summed E-state index contributed by atoms with van der Waals surface area (Å²) in [6.45, 7) is 1.37. The van der Waals surface area contributed by atoms with Crippen LogP contribution in [0.2, 0.25) is 0 Å². The molecule has 0 bridgehead atoms. The maximum atomic E-state index is 13.7. The van der Waals surface area contributed by atoms with Gasteiger partial charge in [0, 0.05) is 32.4 Å². The van der Waals surface area contributed by atoms with Gasteiger partial charge in [-0.15, -0.1) is 0 Å². The molecule has 3 N–H and O–H groups in total. The lowest BCUT2D eigenvalue weighted by molar-refractivity contribution is -0.123. The van der Waals surface area contributed by atoms with Gasteiger partial charge in [0.15, 0.2) is 0 Å². The largest absolute Gasteiger partial charge is 0.375 e. The van der Waals surface area contributed by atoms with Gasteiger partial charge in [0.05, 0.1) is 28.8 Å². The monoisotopic (exact) mass is 463 g/mol. The van der Waals surface area contributed by atoms with Gasteiger partial charge in [0.25, 0.3) is 5.91 Å². The Labute approximate surface area is 197 Å². The van der Waals surface area contributed by atoms with E-state index in [1.165, 1.54) is 12.7 Å². The van der Waals surface area contributed by atoms with E-state index >= 15 is 0 Å². The van der Waals surface area contributed by atoms with Crippen LogP contribution in [0.1, 0.15) is 28.8 Å². The van der Waals surface area contributed by atoms with E-state index in [-0.39, 0.29) is 30.9 Å². The van der Waals surface area contributed by atoms with Gasteiger partial charge in [-0.1, -0.05) is 30.3 Å². The maximum absolute atomic E-state index is 13.7. The second-order valence-corrected chi connectivity index (χ2v) is 8.54. The first-order chi connectivity index (χ1) is 16.5. The highest BCUT2D eigenvalue weighted by atomic mass is 16.5. The van der Waals surface area contributed by atoms with Gasteiger partial charge in [-0.25, -0.2) is 4.98 Å². The fourth-order valence-corrected chi connectivity index (χ4v) is 4.40. The van der Waals surface area contributed by atoms with E-state index < -0.39 is 5.91 Å². The third-order valence-corrected chi connectivity index (χ3v) is 6.10. The lowest BCUT2D eigenvalue weighted by Gasteiger charge is -2.31. The Morgan fingerprint density at radius 2 is 2.00 bits per heavy atom. The average Bonchev–Trinajstić information content (AvgIpc) is 3.25. The number of likely N-dealkylation sites (tertiary alicyclic amines) is 1. The number of ether oxygens (including phenoxy) is 1. The molecule has 0 spiro atoms. The molecule has 1 atom stereocenters. The van der Waals surface area contributed by atoms with Crippen LogP contribution in [-0.2, 0) is 27.3 Å². The van der Waals surface area contributed by atoms with E-state index in [1.54, 1.807) is 23.4 Å². The number of carbonyl (C=O) groups is 3. The minimum Gasteiger partial charge on any atom is -0.375 e. The number of hydrogen-bond donors (Lipinski definition) is 2. The molecule has 178 valence electrons. The van der Waals surface area contributed by atoms with Gasteiger partial charge in [-0.05, 0) is 37.0 Å². The van der Waals surface area contributed by atoms with Crippen LogP contribution in [0.25, 0.3) is 11.0 Å². The number of hydrogen-bond acceptors (Lipinski definition) is 5. The van der Waals surface area contributed by atoms with Crippen molar-refractivity contribution in [1.29, 1.82) is 0 Å². The molecule has 1 aliphatic heterocycles. The minimum atomic E-state index is -0.392. The van der Waals surface area contributed by atoms with Gasteiger partial charge in [-0.2, -0.15) is 0 Å². The third kappa shape index (κ3) is 5.26. The molecule has 0 unspecified atom stereocenters. The molecule has 0 aliphatic carbocycles. The van der Waals surface area contributed by atoms with Crippen molar-refractivity contribution in [2.24, 2.45) is 11.7 Å². The number of piperidine rings is 1. The molecule has 1 aliphatic rings. The smallest absolute Gasteiger partial charge is 0.256 e. The fraction of sp³-hybridized carbons (Fsp3) is 0.360. The lowest BCUT2D eigenvalue weighted by Crippen LogP contribution is -2.44. The van der Waals surface area contributed by atoms with Gasteiger partial charge < -0.3 is 25.3 Å². The van der Waals surface area contributed by atoms with E-state index in [1.807, 2.05) is 22.8 Å². The number of nitrogens with one attached hydrogen (secondary N) is 1. The number of aryl methyl sites for hydroxylation is 2. The maximum Gasteiger partial charge on any atom is 0.256 e. The van der Waals surface area contributed by atoms with Crippen molar-refractivity contribution in [2.45, 2.75) is 25.8 Å². The van der Waals surface area contributed by atoms with Gasteiger partial charge in [-0.3, -0.25) is 14.4 Å². The first-order valence-corrected chi connectivity index (χ1v) is 11.4. The Kier molecular flexibility index (Phi) is 7.22. The highest BCUT2D eigenvalue weighted by Gasteiger charge is 2.29. The standard InChI is InChI=1S/C25H29N5O4/c1-34-15-22(31)28-19-12-20(25(33)29-10-5-8-18(14-29)24(26)32)23-21(13-19)27-16-30(23)11-9-17-6-3-2-4-7-17/h2-4,6-7,12-13,16,18H,5,8-11,14-15H2,1H3,(H2,26,32)(H,28,31)/t18-/m0/s1. The molecule has 0 radical (unpaired) electrons. The number of nitrogens with zero attached hydrogens (tertiary/aromatic N) is 3. The SMILES string of the molecule is COCC(=O)Nc1cc(C(=O)N2CCC[C@H](C(N)=O)C2)c2c(c1)ncn2CCc1ccccc1. The van der Waals surface area contributed by atoms with E-state index in [2.05, 4.69) is 22.4 Å². The highest BCUT2D eigenvalue weighted by Crippen LogP contribution is 2.27. The van der Waals surface area contributed by atoms with Crippen molar-refractivity contribution in [1.82, 2.24) is 14.5 Å². The predicted molar refractivity (Wildman–Crippen MR) is 128 cm³/mol. The molecule has 1 aromatic heterocycles. The Bertz CT molecular complexity index is 1190. The highest BCUT2D eigenvalue weighted by molar-refractivity contribution is 6.07. The number of nitrogens with two attached hydrogens (primary N) is 1. The van der Waals surface area contributed by atoms with Crippen LogP contribution in [0.5, 0.6) is 0 Å². The zero-order chi connectivity index (χ0) is 24.1. The summed E-state index contributed by atoms with van der Waals surface area (Å²) in [5.41, 5.74) is 8.91. The van der Waals surface area contributed by atoms with Gasteiger partial charge in [0.1, 0.15) is 6.61 Å². The topological polar surface area (TPSA) is 120 Å². The molecule has 1 fully saturated rings. The van der Waals surface area contributed by atoms with Crippen molar-refractivity contribution >= 4 is 34.4 Å². The molecule has 2 heterocycles. The van der Waals surface area contributed by atoms with E-state index in [0.29, 0.717) is 48.2 Å². The number of methoxy groups -OCH3 is 1. The quantitative estimate of drug-likeness (QED) is 0.531. The summed E-state index contributed by atoms with van der Waals surface area (Å²) in [6, 6.07) is 13.5. The van der Waals surface area contributed by atoms with Crippen molar-refractivity contribution in [3.8, 4) is 0 Å². The fourth-order valence-electron chi connectivity index (χ4n) is 4.40. The molecule has 9 heteroatoms. The molecular weight excluding hydrogens is 434 g/mol. The predicted octanol–water partition coefficient (Wildman–Crippen LogP) is 2.20. The van der Waals surface area contributed by atoms with Crippen molar-refractivity contribution < 1.29 is 19.1 Å². The summed E-state index contributed by atoms with van der Waals surface area (Å²) in [4.78, 5) is 43.7. The van der Waals surface area contributed by atoms with Crippen LogP contribution < -0.4 is 11.1 Å². The number of benzene rings is 2. The molecule has 3 aromatic rings. The number of primary amides is 1. The van der Waals surface area contributed by atoms with Crippen molar-refractivity contribution in [3.63, 3.8) is 0 Å². The van der Waals surface area contributed by atoms with Crippen LogP contribution >= 0.6 is 0 Å². The molecule has 34 heavy (non-hydrogen) atoms. The molecule has 0 saturated carbocycles. The first-order valence-electron chi connectivity index (χ1n) is 11.4. The summed E-state index contributed by atoms with van der Waals surface area (Å²) in [5, 5.41) is 2.77. The lowest BCUT2D eigenvalue weighted by atomic mass is 9.96. The number of anilines is 1. The van der Waals surface area contributed by atoms with Crippen LogP contribution in [0, 0.1) is 5.92 Å². The summed E-state index contributed by atoms with van der Waals surface area (Å²) in [6.07, 6.45) is 3.88. The summed E-state index contributed by atoms with van der Waals surface area (Å²) < 4.78 is 6.86. The number of fused-ring (bicyclic) bond motifs is 1. The van der Waals surface area contributed by atoms with Crippen LogP contribution in [0.15, 0.2) is 48.8 Å². The Hall–Kier alpha value is -3.72. The van der Waals surface area contributed by atoms with Gasteiger partial charge in [0.2, 0.25) is 11.8 Å². The normalized spacial score (nSPS) is 15.9. The van der Waals surface area contributed by atoms with E-state index in [9.17, 15) is 14.4 Å². The number of imidazole rings is 1. The zero-order valence-electron chi connectivity index (χ0n) is 19.2. The molecule has 9 nitrogen and oxygen atoms in total. The molecule has 2 aromatic carbocycles. The second kappa shape index (κ2) is 10.5. The van der Waals surface area contributed by atoms with Crippen molar-refractivity contribution in [2.75, 3.05) is 32.1 Å². The zero-order valence-corrected chi connectivity index (χ0v) is 19.2. The van der Waals surface area contributed by atoms with Crippen LogP contribution in [-0.4, -0.2) is 59.0 Å². The molecule has 3 amide bonds.